The molecule has 2 aliphatic rings. The van der Waals surface area contributed by atoms with E-state index in [4.69, 9.17) is 9.47 Å². The van der Waals surface area contributed by atoms with Crippen LogP contribution in [0.5, 0.6) is 0 Å². The molecule has 2 fully saturated rings. The molecule has 1 atom stereocenters. The van der Waals surface area contributed by atoms with Crippen molar-refractivity contribution in [3.63, 3.8) is 0 Å². The maximum atomic E-state index is 12.6. The summed E-state index contributed by atoms with van der Waals surface area (Å²) >= 11 is 0. The highest BCUT2D eigenvalue weighted by molar-refractivity contribution is 7.88. The van der Waals surface area contributed by atoms with Crippen LogP contribution in [0.2, 0.25) is 0 Å². The lowest BCUT2D eigenvalue weighted by Crippen LogP contribution is -2.47. The average Bonchev–Trinajstić information content (AvgIpc) is 2.47. The summed E-state index contributed by atoms with van der Waals surface area (Å²) in [5.41, 5.74) is -0.731. The van der Waals surface area contributed by atoms with Crippen LogP contribution in [0.4, 0.5) is 0 Å². The van der Waals surface area contributed by atoms with E-state index in [1.807, 2.05) is 0 Å². The molecule has 6 nitrogen and oxygen atoms in total. The van der Waals surface area contributed by atoms with Crippen molar-refractivity contribution in [1.29, 1.82) is 0 Å². The summed E-state index contributed by atoms with van der Waals surface area (Å²) in [6.07, 6.45) is 4.50. The lowest BCUT2D eigenvalue weighted by Gasteiger charge is -2.37. The van der Waals surface area contributed by atoms with Gasteiger partial charge in [-0.3, -0.25) is 4.79 Å². The first-order chi connectivity index (χ1) is 9.87. The molecule has 2 aliphatic heterocycles. The summed E-state index contributed by atoms with van der Waals surface area (Å²) in [5.74, 6) is 0.185. The smallest absolute Gasteiger partial charge is 0.211 e. The molecule has 0 spiro atoms. The van der Waals surface area contributed by atoms with Crippen LogP contribution < -0.4 is 0 Å². The summed E-state index contributed by atoms with van der Waals surface area (Å²) < 4.78 is 35.6. The van der Waals surface area contributed by atoms with E-state index in [9.17, 15) is 13.2 Å². The number of methoxy groups -OCH3 is 1. The molecular weight excluding hydrogens is 294 g/mol. The predicted octanol–water partition coefficient (Wildman–Crippen LogP) is 0.813. The molecule has 2 saturated heterocycles. The minimum absolute atomic E-state index is 0.0913. The van der Waals surface area contributed by atoms with Crippen LogP contribution in [0.25, 0.3) is 0 Å². The molecule has 0 bridgehead atoms. The first kappa shape index (κ1) is 16.9. The van der Waals surface area contributed by atoms with Gasteiger partial charge in [0.15, 0.2) is 5.78 Å². The van der Waals surface area contributed by atoms with Gasteiger partial charge in [-0.15, -0.1) is 0 Å². The van der Waals surface area contributed by atoms with E-state index in [1.54, 1.807) is 7.11 Å². The number of piperidine rings is 1. The van der Waals surface area contributed by atoms with Crippen LogP contribution in [-0.2, 0) is 24.3 Å². The summed E-state index contributed by atoms with van der Waals surface area (Å²) in [6, 6.07) is 0. The van der Waals surface area contributed by atoms with Crippen LogP contribution in [0.15, 0.2) is 0 Å². The zero-order chi connectivity index (χ0) is 15.5. The molecule has 122 valence electrons. The van der Waals surface area contributed by atoms with Gasteiger partial charge in [-0.2, -0.15) is 0 Å². The maximum absolute atomic E-state index is 12.6. The first-order valence-corrected chi connectivity index (χ1v) is 9.33. The number of rotatable bonds is 5. The third-order valence-electron chi connectivity index (χ3n) is 4.62. The molecule has 0 aromatic carbocycles. The number of hydrogen-bond donors (Lipinski definition) is 0. The number of Topliss-reactive ketones (excluding diaryl/α,β-unsaturated/α-hetero) is 1. The number of hydrogen-bond acceptors (Lipinski definition) is 5. The molecule has 0 aromatic heterocycles. The zero-order valence-corrected chi connectivity index (χ0v) is 13.7. The highest BCUT2D eigenvalue weighted by Gasteiger charge is 2.41. The van der Waals surface area contributed by atoms with E-state index >= 15 is 0 Å². The molecular formula is C14H25NO5S. The van der Waals surface area contributed by atoms with E-state index in [0.29, 0.717) is 45.6 Å². The highest BCUT2D eigenvalue weighted by Crippen LogP contribution is 2.30. The quantitative estimate of drug-likeness (QED) is 0.750. The van der Waals surface area contributed by atoms with Gasteiger partial charge in [0.25, 0.3) is 0 Å². The van der Waals surface area contributed by atoms with Crippen LogP contribution in [0.3, 0.4) is 0 Å². The molecule has 0 saturated carbocycles. The van der Waals surface area contributed by atoms with E-state index in [-0.39, 0.29) is 11.7 Å². The van der Waals surface area contributed by atoms with Crippen molar-refractivity contribution < 1.29 is 22.7 Å². The summed E-state index contributed by atoms with van der Waals surface area (Å²) in [5, 5.41) is 0. The zero-order valence-electron chi connectivity index (χ0n) is 12.8. The van der Waals surface area contributed by atoms with Gasteiger partial charge in [-0.25, -0.2) is 12.7 Å². The van der Waals surface area contributed by atoms with Gasteiger partial charge in [0.2, 0.25) is 10.0 Å². The molecule has 0 N–H and O–H groups in total. The minimum Gasteiger partial charge on any atom is -0.381 e. The molecule has 2 rings (SSSR count). The topological polar surface area (TPSA) is 72.9 Å². The maximum Gasteiger partial charge on any atom is 0.211 e. The Hall–Kier alpha value is -0.500. The van der Waals surface area contributed by atoms with Gasteiger partial charge >= 0.3 is 0 Å². The Kier molecular flexibility index (Phi) is 5.40. The number of sulfonamides is 1. The fourth-order valence-electron chi connectivity index (χ4n) is 3.24. The lowest BCUT2D eigenvalue weighted by molar-refractivity contribution is -0.153. The molecule has 0 radical (unpaired) electrons. The Labute approximate surface area is 126 Å². The number of ketones is 1. The number of ether oxygens (including phenoxy) is 2. The molecule has 0 aliphatic carbocycles. The minimum atomic E-state index is -3.17. The molecule has 0 aromatic rings. The van der Waals surface area contributed by atoms with Crippen molar-refractivity contribution in [2.75, 3.05) is 39.7 Å². The second-order valence-electron chi connectivity index (χ2n) is 6.07. The number of nitrogens with zero attached hydrogens (tertiary/aromatic N) is 1. The van der Waals surface area contributed by atoms with E-state index in [0.717, 1.165) is 12.8 Å². The van der Waals surface area contributed by atoms with Crippen LogP contribution in [0, 0.1) is 5.92 Å². The van der Waals surface area contributed by atoms with Gasteiger partial charge in [0.1, 0.15) is 5.60 Å². The summed E-state index contributed by atoms with van der Waals surface area (Å²) in [4.78, 5) is 12.6. The number of carbonyl (C=O) groups excluding carboxylic acids is 1. The highest BCUT2D eigenvalue weighted by atomic mass is 32.2. The predicted molar refractivity (Wildman–Crippen MR) is 78.6 cm³/mol. The largest absolute Gasteiger partial charge is 0.381 e. The standard InChI is InChI=1S/C14H25NO5S/c1-19-14(5-8-20-9-6-14)13(16)10-12-4-3-7-15(11-12)21(2,17)18/h12H,3-11H2,1-2H3. The summed E-state index contributed by atoms with van der Waals surface area (Å²) in [6.45, 7) is 2.09. The monoisotopic (exact) mass is 319 g/mol. The Morgan fingerprint density at radius 1 is 1.38 bits per heavy atom. The summed E-state index contributed by atoms with van der Waals surface area (Å²) in [7, 11) is -1.59. The lowest BCUT2D eigenvalue weighted by atomic mass is 9.83. The fourth-order valence-corrected chi connectivity index (χ4v) is 4.18. The molecule has 21 heavy (non-hydrogen) atoms. The van der Waals surface area contributed by atoms with Crippen molar-refractivity contribution in [3.05, 3.63) is 0 Å². The SMILES string of the molecule is COC1(C(=O)CC2CCCN(S(C)(=O)=O)C2)CCOCC1. The van der Waals surface area contributed by atoms with Crippen molar-refractivity contribution in [2.45, 2.75) is 37.7 Å². The van der Waals surface area contributed by atoms with Gasteiger partial charge < -0.3 is 9.47 Å². The van der Waals surface area contributed by atoms with Crippen molar-refractivity contribution in [2.24, 2.45) is 5.92 Å². The van der Waals surface area contributed by atoms with Crippen LogP contribution >= 0.6 is 0 Å². The average molecular weight is 319 g/mol. The van der Waals surface area contributed by atoms with E-state index in [1.165, 1.54) is 10.6 Å². The third-order valence-corrected chi connectivity index (χ3v) is 5.89. The van der Waals surface area contributed by atoms with Crippen molar-refractivity contribution in [1.82, 2.24) is 4.31 Å². The Morgan fingerprint density at radius 2 is 2.05 bits per heavy atom. The van der Waals surface area contributed by atoms with Gasteiger partial charge in [-0.1, -0.05) is 0 Å². The van der Waals surface area contributed by atoms with E-state index in [2.05, 4.69) is 0 Å². The molecule has 7 heteroatoms. The van der Waals surface area contributed by atoms with Gasteiger partial charge in [0.05, 0.1) is 6.26 Å². The molecule has 0 amide bonds. The first-order valence-electron chi connectivity index (χ1n) is 7.49. The van der Waals surface area contributed by atoms with Crippen molar-refractivity contribution in [3.8, 4) is 0 Å². The van der Waals surface area contributed by atoms with Crippen LogP contribution in [0.1, 0.15) is 32.1 Å². The van der Waals surface area contributed by atoms with Crippen LogP contribution in [-0.4, -0.2) is 63.8 Å². The van der Waals surface area contributed by atoms with Gasteiger partial charge in [-0.05, 0) is 18.8 Å². The Balaban J connectivity index is 1.98. The second kappa shape index (κ2) is 6.73. The molecule has 1 unspecified atom stereocenters. The second-order valence-corrected chi connectivity index (χ2v) is 8.05. The third kappa shape index (κ3) is 4.03. The van der Waals surface area contributed by atoms with Gasteiger partial charge in [0, 0.05) is 52.7 Å². The van der Waals surface area contributed by atoms with Crippen molar-refractivity contribution >= 4 is 15.8 Å². The fraction of sp³-hybridized carbons (Fsp3) is 0.929. The van der Waals surface area contributed by atoms with E-state index < -0.39 is 15.6 Å². The Bertz CT molecular complexity index is 470. The Morgan fingerprint density at radius 3 is 2.62 bits per heavy atom. The molecule has 2 heterocycles. The normalized spacial score (nSPS) is 27.4. The number of carbonyl (C=O) groups is 1.